The molecule has 2 heterocycles. The van der Waals surface area contributed by atoms with Gasteiger partial charge in [-0.05, 0) is 36.4 Å². The molecule has 1 N–H and O–H groups in total. The first kappa shape index (κ1) is 22.3. The van der Waals surface area contributed by atoms with Crippen LogP contribution in [0.15, 0.2) is 66.4 Å². The number of pyridine rings is 1. The summed E-state index contributed by atoms with van der Waals surface area (Å²) in [5.74, 6) is -2.59. The smallest absolute Gasteiger partial charge is 0.300 e. The van der Waals surface area contributed by atoms with Crippen molar-refractivity contribution in [3.05, 3.63) is 88.5 Å². The zero-order chi connectivity index (χ0) is 23.7. The third-order valence-corrected chi connectivity index (χ3v) is 5.52. The standard InChI is InChI=1S/C24H18ClFN2O5/c1-32-18-12-16(25)19(33-2)11-15(18)22(29)20-21(17-8-3-4-9-27-17)28(24(31)23(20)30)14-7-5-6-13(26)10-14/h3-12,21,29H,1-2H3/b22-20+. The second-order valence-corrected chi connectivity index (χ2v) is 7.50. The van der Waals surface area contributed by atoms with Crippen molar-refractivity contribution in [1.29, 1.82) is 0 Å². The third-order valence-electron chi connectivity index (χ3n) is 5.23. The van der Waals surface area contributed by atoms with Gasteiger partial charge in [0.15, 0.2) is 0 Å². The van der Waals surface area contributed by atoms with Crippen molar-refractivity contribution in [3.63, 3.8) is 0 Å². The van der Waals surface area contributed by atoms with Gasteiger partial charge >= 0.3 is 0 Å². The number of methoxy groups -OCH3 is 2. The Bertz CT molecular complexity index is 1280. The van der Waals surface area contributed by atoms with E-state index < -0.39 is 29.3 Å². The van der Waals surface area contributed by atoms with Crippen LogP contribution in [0, 0.1) is 5.82 Å². The Kier molecular flexibility index (Phi) is 6.02. The molecule has 1 aliphatic rings. The van der Waals surface area contributed by atoms with Crippen LogP contribution in [0.4, 0.5) is 10.1 Å². The van der Waals surface area contributed by atoms with Crippen LogP contribution < -0.4 is 14.4 Å². The van der Waals surface area contributed by atoms with Gasteiger partial charge in [-0.25, -0.2) is 4.39 Å². The highest BCUT2D eigenvalue weighted by Gasteiger charge is 2.48. The van der Waals surface area contributed by atoms with Crippen LogP contribution in [0.3, 0.4) is 0 Å². The number of aliphatic hydroxyl groups is 1. The average Bonchev–Trinajstić information content (AvgIpc) is 3.09. The number of carbonyl (C=O) groups excluding carboxylic acids is 2. The van der Waals surface area contributed by atoms with Crippen molar-refractivity contribution >= 4 is 34.7 Å². The fourth-order valence-corrected chi connectivity index (χ4v) is 3.96. The molecular weight excluding hydrogens is 451 g/mol. The number of rotatable bonds is 5. The summed E-state index contributed by atoms with van der Waals surface area (Å²) in [6.07, 6.45) is 1.49. The van der Waals surface area contributed by atoms with E-state index in [1.165, 1.54) is 50.7 Å². The van der Waals surface area contributed by atoms with Crippen molar-refractivity contribution in [2.45, 2.75) is 6.04 Å². The van der Waals surface area contributed by atoms with Gasteiger partial charge in [0.25, 0.3) is 11.7 Å². The van der Waals surface area contributed by atoms with Gasteiger partial charge in [0.05, 0.1) is 36.1 Å². The molecule has 4 rings (SSSR count). The van der Waals surface area contributed by atoms with E-state index in [9.17, 15) is 19.1 Å². The number of benzene rings is 2. The Morgan fingerprint density at radius 2 is 1.82 bits per heavy atom. The van der Waals surface area contributed by atoms with E-state index in [2.05, 4.69) is 4.98 Å². The van der Waals surface area contributed by atoms with Gasteiger partial charge in [0, 0.05) is 18.0 Å². The summed E-state index contributed by atoms with van der Waals surface area (Å²) < 4.78 is 24.5. The maximum absolute atomic E-state index is 14.0. The molecule has 0 spiro atoms. The highest BCUT2D eigenvalue weighted by molar-refractivity contribution is 6.51. The molecular formula is C24H18ClFN2O5. The Balaban J connectivity index is 1.99. The van der Waals surface area contributed by atoms with Crippen molar-refractivity contribution in [2.75, 3.05) is 19.1 Å². The first-order valence-corrected chi connectivity index (χ1v) is 10.1. The first-order chi connectivity index (χ1) is 15.9. The van der Waals surface area contributed by atoms with Gasteiger partial charge in [-0.1, -0.05) is 23.7 Å². The van der Waals surface area contributed by atoms with E-state index in [-0.39, 0.29) is 33.3 Å². The fourth-order valence-electron chi connectivity index (χ4n) is 3.73. The number of halogens is 2. The van der Waals surface area contributed by atoms with E-state index in [4.69, 9.17) is 21.1 Å². The van der Waals surface area contributed by atoms with E-state index >= 15 is 0 Å². The topological polar surface area (TPSA) is 89.0 Å². The number of Topliss-reactive ketones (excluding diaryl/α,β-unsaturated/α-hetero) is 1. The Labute approximate surface area is 193 Å². The number of nitrogens with zero attached hydrogens (tertiary/aromatic N) is 2. The highest BCUT2D eigenvalue weighted by atomic mass is 35.5. The average molecular weight is 469 g/mol. The first-order valence-electron chi connectivity index (χ1n) is 9.76. The number of hydrogen-bond acceptors (Lipinski definition) is 6. The van der Waals surface area contributed by atoms with Crippen LogP contribution in [0.2, 0.25) is 5.02 Å². The number of carbonyl (C=O) groups is 2. The maximum atomic E-state index is 14.0. The van der Waals surface area contributed by atoms with Crippen LogP contribution in [-0.2, 0) is 9.59 Å². The largest absolute Gasteiger partial charge is 0.507 e. The van der Waals surface area contributed by atoms with E-state index in [0.29, 0.717) is 5.69 Å². The zero-order valence-corrected chi connectivity index (χ0v) is 18.3. The number of ketones is 1. The molecule has 7 nitrogen and oxygen atoms in total. The van der Waals surface area contributed by atoms with E-state index in [1.807, 2.05) is 0 Å². The molecule has 0 aliphatic carbocycles. The predicted octanol–water partition coefficient (Wildman–Crippen LogP) is 4.52. The third kappa shape index (κ3) is 3.89. The van der Waals surface area contributed by atoms with Gasteiger partial charge in [-0.3, -0.25) is 19.5 Å². The molecule has 0 radical (unpaired) electrons. The number of amides is 1. The minimum atomic E-state index is -1.11. The van der Waals surface area contributed by atoms with Gasteiger partial charge in [-0.15, -0.1) is 0 Å². The Hall–Kier alpha value is -3.91. The molecule has 9 heteroatoms. The lowest BCUT2D eigenvalue weighted by molar-refractivity contribution is -0.132. The number of aromatic nitrogens is 1. The predicted molar refractivity (Wildman–Crippen MR) is 120 cm³/mol. The lowest BCUT2D eigenvalue weighted by Gasteiger charge is -2.24. The zero-order valence-electron chi connectivity index (χ0n) is 17.6. The molecule has 33 heavy (non-hydrogen) atoms. The molecule has 1 saturated heterocycles. The van der Waals surface area contributed by atoms with Gasteiger partial charge < -0.3 is 14.6 Å². The molecule has 2 aromatic carbocycles. The van der Waals surface area contributed by atoms with Crippen molar-refractivity contribution in [2.24, 2.45) is 0 Å². The van der Waals surface area contributed by atoms with Gasteiger partial charge in [0.1, 0.15) is 29.1 Å². The number of aliphatic hydroxyl groups excluding tert-OH is 1. The summed E-state index contributed by atoms with van der Waals surface area (Å²) in [6.45, 7) is 0. The van der Waals surface area contributed by atoms with E-state index in [1.54, 1.807) is 18.2 Å². The summed E-state index contributed by atoms with van der Waals surface area (Å²) in [7, 11) is 2.77. The van der Waals surface area contributed by atoms with Gasteiger partial charge in [-0.2, -0.15) is 0 Å². The molecule has 3 aromatic rings. The fraction of sp³-hybridized carbons (Fsp3) is 0.125. The van der Waals surface area contributed by atoms with Crippen LogP contribution in [0.1, 0.15) is 17.3 Å². The molecule has 1 amide bonds. The lowest BCUT2D eigenvalue weighted by Crippen LogP contribution is -2.29. The normalized spacial score (nSPS) is 17.3. The lowest BCUT2D eigenvalue weighted by atomic mass is 9.97. The van der Waals surface area contributed by atoms with Crippen molar-refractivity contribution in [1.82, 2.24) is 4.98 Å². The second-order valence-electron chi connectivity index (χ2n) is 7.09. The molecule has 1 atom stereocenters. The van der Waals surface area contributed by atoms with Crippen molar-refractivity contribution in [3.8, 4) is 11.5 Å². The molecule has 1 unspecified atom stereocenters. The van der Waals surface area contributed by atoms with Crippen LogP contribution in [0.5, 0.6) is 11.5 Å². The SMILES string of the molecule is COc1cc(/C(O)=C2\C(=O)C(=O)N(c3cccc(F)c3)C2c2ccccn2)c(OC)cc1Cl. The van der Waals surface area contributed by atoms with Crippen LogP contribution in [-0.4, -0.2) is 36.0 Å². The monoisotopic (exact) mass is 468 g/mol. The highest BCUT2D eigenvalue weighted by Crippen LogP contribution is 2.44. The molecule has 0 saturated carbocycles. The minimum absolute atomic E-state index is 0.0944. The summed E-state index contributed by atoms with van der Waals surface area (Å²) >= 11 is 6.16. The van der Waals surface area contributed by atoms with Crippen LogP contribution >= 0.6 is 11.6 Å². The van der Waals surface area contributed by atoms with Crippen molar-refractivity contribution < 1.29 is 28.6 Å². The van der Waals surface area contributed by atoms with Gasteiger partial charge in [0.2, 0.25) is 0 Å². The summed E-state index contributed by atoms with van der Waals surface area (Å²) in [6, 6.07) is 12.0. The molecule has 168 valence electrons. The summed E-state index contributed by atoms with van der Waals surface area (Å²) in [4.78, 5) is 31.6. The Morgan fingerprint density at radius 3 is 2.45 bits per heavy atom. The summed E-state index contributed by atoms with van der Waals surface area (Å²) in [5, 5.41) is 11.5. The molecule has 0 bridgehead atoms. The Morgan fingerprint density at radius 1 is 1.06 bits per heavy atom. The number of ether oxygens (including phenoxy) is 2. The van der Waals surface area contributed by atoms with E-state index in [0.717, 1.165) is 11.0 Å². The molecule has 1 fully saturated rings. The quantitative estimate of drug-likeness (QED) is 0.336. The maximum Gasteiger partial charge on any atom is 0.300 e. The van der Waals surface area contributed by atoms with Crippen LogP contribution in [0.25, 0.3) is 5.76 Å². The second kappa shape index (κ2) is 8.91. The minimum Gasteiger partial charge on any atom is -0.507 e. The number of hydrogen-bond donors (Lipinski definition) is 1. The number of anilines is 1. The molecule has 1 aliphatic heterocycles. The summed E-state index contributed by atoms with van der Waals surface area (Å²) in [5.41, 5.74) is 0.317. The molecule has 1 aromatic heterocycles.